The van der Waals surface area contributed by atoms with Crippen molar-refractivity contribution in [2.45, 2.75) is 6.92 Å². The summed E-state index contributed by atoms with van der Waals surface area (Å²) in [5.74, 6) is -0.998. The van der Waals surface area contributed by atoms with E-state index in [0.717, 1.165) is 12.1 Å². The number of halogens is 2. The molecule has 0 spiro atoms. The lowest BCUT2D eigenvalue weighted by Gasteiger charge is -2.10. The minimum absolute atomic E-state index is 0.0472. The molecule has 0 unspecified atom stereocenters. The maximum atomic E-state index is 13.6. The van der Waals surface area contributed by atoms with E-state index in [9.17, 15) is 8.78 Å². The van der Waals surface area contributed by atoms with Crippen LogP contribution in [0, 0.1) is 18.6 Å². The normalized spacial score (nSPS) is 10.3. The molecular weight excluding hydrogens is 224 g/mol. The maximum absolute atomic E-state index is 13.6. The Bertz CT molecular complexity index is 555. The van der Waals surface area contributed by atoms with E-state index in [4.69, 9.17) is 5.73 Å². The first-order valence-corrected chi connectivity index (χ1v) is 5.00. The van der Waals surface area contributed by atoms with E-state index in [1.807, 2.05) is 0 Å². The van der Waals surface area contributed by atoms with Gasteiger partial charge in [-0.25, -0.2) is 8.78 Å². The molecule has 0 bridgehead atoms. The molecule has 5 heteroatoms. The van der Waals surface area contributed by atoms with Gasteiger partial charge in [-0.3, -0.25) is 4.98 Å². The molecule has 1 aromatic carbocycles. The van der Waals surface area contributed by atoms with Crippen LogP contribution in [0.3, 0.4) is 0 Å². The molecule has 0 aliphatic carbocycles. The van der Waals surface area contributed by atoms with E-state index >= 15 is 0 Å². The Morgan fingerprint density at radius 3 is 2.65 bits per heavy atom. The fourth-order valence-electron chi connectivity index (χ4n) is 1.41. The van der Waals surface area contributed by atoms with Crippen LogP contribution in [0.15, 0.2) is 30.6 Å². The summed E-state index contributed by atoms with van der Waals surface area (Å²) >= 11 is 0. The van der Waals surface area contributed by atoms with Gasteiger partial charge in [0.25, 0.3) is 0 Å². The van der Waals surface area contributed by atoms with Crippen LogP contribution in [0.5, 0.6) is 0 Å². The third-order valence-electron chi connectivity index (χ3n) is 2.37. The Hall–Kier alpha value is -2.17. The molecule has 0 aliphatic rings. The fraction of sp³-hybridized carbons (Fsp3) is 0.0833. The van der Waals surface area contributed by atoms with E-state index in [-0.39, 0.29) is 11.3 Å². The van der Waals surface area contributed by atoms with E-state index in [1.54, 1.807) is 6.07 Å². The Morgan fingerprint density at radius 2 is 1.94 bits per heavy atom. The molecule has 2 aromatic rings. The van der Waals surface area contributed by atoms with Crippen molar-refractivity contribution in [1.82, 2.24) is 4.98 Å². The molecule has 1 heterocycles. The van der Waals surface area contributed by atoms with Gasteiger partial charge in [0.2, 0.25) is 0 Å². The van der Waals surface area contributed by atoms with Crippen LogP contribution >= 0.6 is 0 Å². The van der Waals surface area contributed by atoms with Crippen molar-refractivity contribution in [2.75, 3.05) is 11.1 Å². The number of aromatic nitrogens is 1. The number of rotatable bonds is 2. The summed E-state index contributed by atoms with van der Waals surface area (Å²) < 4.78 is 26.9. The molecule has 0 saturated heterocycles. The van der Waals surface area contributed by atoms with Crippen LogP contribution in [-0.2, 0) is 0 Å². The molecule has 0 atom stereocenters. The second-order valence-electron chi connectivity index (χ2n) is 3.67. The summed E-state index contributed by atoms with van der Waals surface area (Å²) in [5, 5.41) is 2.73. The summed E-state index contributed by atoms with van der Waals surface area (Å²) in [7, 11) is 0. The number of hydrogen-bond acceptors (Lipinski definition) is 3. The van der Waals surface area contributed by atoms with Crippen molar-refractivity contribution >= 4 is 17.1 Å². The standard InChI is InChI=1S/C12H11F2N3/c1-7-4-9(14)12(5-8(7)13)17-11-2-3-16-6-10(11)15/h2-6H,15H2,1H3,(H,16,17). The Kier molecular flexibility index (Phi) is 2.91. The number of nitrogens with one attached hydrogen (secondary N) is 1. The molecule has 2 rings (SSSR count). The highest BCUT2D eigenvalue weighted by Gasteiger charge is 2.08. The molecule has 0 radical (unpaired) electrons. The van der Waals surface area contributed by atoms with E-state index in [2.05, 4.69) is 10.3 Å². The van der Waals surface area contributed by atoms with Crippen molar-refractivity contribution < 1.29 is 8.78 Å². The quantitative estimate of drug-likeness (QED) is 0.841. The summed E-state index contributed by atoms with van der Waals surface area (Å²) in [6, 6.07) is 3.83. The van der Waals surface area contributed by atoms with Crippen molar-refractivity contribution in [3.8, 4) is 0 Å². The lowest BCUT2D eigenvalue weighted by molar-refractivity contribution is 0.595. The largest absolute Gasteiger partial charge is 0.396 e. The predicted molar refractivity (Wildman–Crippen MR) is 63.0 cm³/mol. The van der Waals surface area contributed by atoms with Crippen molar-refractivity contribution in [2.24, 2.45) is 0 Å². The third kappa shape index (κ3) is 2.33. The second kappa shape index (κ2) is 4.37. The van der Waals surface area contributed by atoms with Crippen LogP contribution in [0.1, 0.15) is 5.56 Å². The van der Waals surface area contributed by atoms with Crippen molar-refractivity contribution in [3.63, 3.8) is 0 Å². The van der Waals surface area contributed by atoms with Gasteiger partial charge in [0, 0.05) is 12.3 Å². The zero-order valence-electron chi connectivity index (χ0n) is 9.17. The number of nitrogens with zero attached hydrogens (tertiary/aromatic N) is 1. The maximum Gasteiger partial charge on any atom is 0.147 e. The van der Waals surface area contributed by atoms with E-state index < -0.39 is 11.6 Å². The monoisotopic (exact) mass is 235 g/mol. The van der Waals surface area contributed by atoms with Gasteiger partial charge < -0.3 is 11.1 Å². The van der Waals surface area contributed by atoms with Gasteiger partial charge in [-0.05, 0) is 24.6 Å². The van der Waals surface area contributed by atoms with Gasteiger partial charge in [-0.2, -0.15) is 0 Å². The summed E-state index contributed by atoms with van der Waals surface area (Å²) in [6.07, 6.45) is 2.95. The zero-order valence-corrected chi connectivity index (χ0v) is 9.17. The second-order valence-corrected chi connectivity index (χ2v) is 3.67. The highest BCUT2D eigenvalue weighted by molar-refractivity contribution is 5.71. The summed E-state index contributed by atoms with van der Waals surface area (Å²) in [5.41, 5.74) is 6.81. The van der Waals surface area contributed by atoms with Gasteiger partial charge in [0.1, 0.15) is 11.6 Å². The molecule has 1 aromatic heterocycles. The van der Waals surface area contributed by atoms with Gasteiger partial charge in [0.05, 0.1) is 23.3 Å². The Labute approximate surface area is 97.3 Å². The molecule has 0 fully saturated rings. The van der Waals surface area contributed by atoms with Crippen LogP contribution in [0.25, 0.3) is 0 Å². The number of nitrogens with two attached hydrogens (primary N) is 1. The third-order valence-corrected chi connectivity index (χ3v) is 2.37. The molecule has 88 valence electrons. The minimum Gasteiger partial charge on any atom is -0.396 e. The van der Waals surface area contributed by atoms with Gasteiger partial charge >= 0.3 is 0 Å². The average molecular weight is 235 g/mol. The van der Waals surface area contributed by atoms with Crippen LogP contribution in [0.4, 0.5) is 25.8 Å². The Balaban J connectivity index is 2.37. The summed E-state index contributed by atoms with van der Waals surface area (Å²) in [6.45, 7) is 1.50. The fourth-order valence-corrected chi connectivity index (χ4v) is 1.41. The van der Waals surface area contributed by atoms with Crippen LogP contribution < -0.4 is 11.1 Å². The lowest BCUT2D eigenvalue weighted by atomic mass is 10.2. The highest BCUT2D eigenvalue weighted by Crippen LogP contribution is 2.25. The molecule has 3 N–H and O–H groups in total. The first kappa shape index (κ1) is 11.3. The molecule has 17 heavy (non-hydrogen) atoms. The van der Waals surface area contributed by atoms with E-state index in [0.29, 0.717) is 11.4 Å². The first-order chi connectivity index (χ1) is 8.08. The summed E-state index contributed by atoms with van der Waals surface area (Å²) in [4.78, 5) is 3.81. The number of benzene rings is 1. The van der Waals surface area contributed by atoms with Crippen molar-refractivity contribution in [1.29, 1.82) is 0 Å². The van der Waals surface area contributed by atoms with Crippen LogP contribution in [0.2, 0.25) is 0 Å². The SMILES string of the molecule is Cc1cc(F)c(Nc2ccncc2N)cc1F. The van der Waals surface area contributed by atoms with Gasteiger partial charge in [-0.1, -0.05) is 0 Å². The number of nitrogen functional groups attached to an aromatic ring is 1. The van der Waals surface area contributed by atoms with Crippen LogP contribution in [-0.4, -0.2) is 4.98 Å². The molecule has 0 saturated carbocycles. The number of hydrogen-bond donors (Lipinski definition) is 2. The minimum atomic E-state index is -0.528. The average Bonchev–Trinajstić information content (AvgIpc) is 2.29. The zero-order chi connectivity index (χ0) is 12.4. The smallest absolute Gasteiger partial charge is 0.147 e. The topological polar surface area (TPSA) is 50.9 Å². The number of anilines is 3. The molecule has 0 aliphatic heterocycles. The first-order valence-electron chi connectivity index (χ1n) is 5.00. The van der Waals surface area contributed by atoms with Crippen molar-refractivity contribution in [3.05, 3.63) is 47.8 Å². The van der Waals surface area contributed by atoms with Gasteiger partial charge in [0.15, 0.2) is 0 Å². The van der Waals surface area contributed by atoms with E-state index in [1.165, 1.54) is 19.3 Å². The van der Waals surface area contributed by atoms with Gasteiger partial charge in [-0.15, -0.1) is 0 Å². The number of pyridine rings is 1. The predicted octanol–water partition coefficient (Wildman–Crippen LogP) is 2.99. The highest BCUT2D eigenvalue weighted by atomic mass is 19.1. The molecule has 0 amide bonds. The number of aryl methyl sites for hydroxylation is 1. The Morgan fingerprint density at radius 1 is 1.18 bits per heavy atom. The lowest BCUT2D eigenvalue weighted by Crippen LogP contribution is -2.00. The molecule has 3 nitrogen and oxygen atoms in total. The molecular formula is C12H11F2N3.